The van der Waals surface area contributed by atoms with E-state index in [0.29, 0.717) is 0 Å². The maximum Gasteiger partial charge on any atom is 0.146 e. The van der Waals surface area contributed by atoms with Crippen LogP contribution in [0.2, 0.25) is 0 Å². The summed E-state index contributed by atoms with van der Waals surface area (Å²) in [6.45, 7) is 0. The van der Waals surface area contributed by atoms with Gasteiger partial charge in [0.2, 0.25) is 0 Å². The smallest absolute Gasteiger partial charge is 0.146 e. The highest BCUT2D eigenvalue weighted by atomic mass is 15.0. The van der Waals surface area contributed by atoms with Crippen molar-refractivity contribution in [1.82, 2.24) is 9.38 Å². The molecule has 0 radical (unpaired) electrons. The molecule has 0 aliphatic rings. The first kappa shape index (κ1) is 15.1. The van der Waals surface area contributed by atoms with Gasteiger partial charge < -0.3 is 0 Å². The maximum atomic E-state index is 5.15. The number of benzene rings is 4. The first-order valence-corrected chi connectivity index (χ1v) is 9.92. The molecule has 2 nitrogen and oxygen atoms in total. The lowest BCUT2D eigenvalue weighted by atomic mass is 9.98. The van der Waals surface area contributed by atoms with Gasteiger partial charge in [-0.05, 0) is 35.0 Å². The van der Waals surface area contributed by atoms with Gasteiger partial charge in [-0.25, -0.2) is 4.98 Å². The number of hydrogen-bond donors (Lipinski definition) is 0. The molecule has 0 unspecified atom stereocenters. The van der Waals surface area contributed by atoms with Crippen molar-refractivity contribution in [2.45, 2.75) is 0 Å². The fraction of sp³-hybridized carbons (Fsp3) is 0. The summed E-state index contributed by atoms with van der Waals surface area (Å²) >= 11 is 0. The Hall–Kier alpha value is -3.91. The second-order valence-electron chi connectivity index (χ2n) is 7.69. The van der Waals surface area contributed by atoms with Gasteiger partial charge in [0.25, 0.3) is 0 Å². The Morgan fingerprint density at radius 3 is 2.21 bits per heavy atom. The number of para-hydroxylation sites is 2. The van der Waals surface area contributed by atoms with E-state index in [4.69, 9.17) is 4.98 Å². The van der Waals surface area contributed by atoms with Crippen molar-refractivity contribution in [3.05, 3.63) is 97.1 Å². The van der Waals surface area contributed by atoms with Crippen LogP contribution in [0.25, 0.3) is 59.9 Å². The fourth-order valence-electron chi connectivity index (χ4n) is 4.82. The van der Waals surface area contributed by atoms with Crippen LogP contribution in [0.3, 0.4) is 0 Å². The Kier molecular flexibility index (Phi) is 2.77. The van der Waals surface area contributed by atoms with E-state index in [-0.39, 0.29) is 0 Å². The molecule has 0 spiro atoms. The van der Waals surface area contributed by atoms with Crippen molar-refractivity contribution < 1.29 is 0 Å². The molecule has 0 aliphatic carbocycles. The normalized spacial score (nSPS) is 12.1. The molecule has 134 valence electrons. The maximum absolute atomic E-state index is 5.15. The van der Waals surface area contributed by atoms with Gasteiger partial charge in [-0.15, -0.1) is 0 Å². The molecule has 0 N–H and O–H groups in total. The molecule has 29 heavy (non-hydrogen) atoms. The number of aromatic nitrogens is 2. The number of pyridine rings is 2. The summed E-state index contributed by atoms with van der Waals surface area (Å²) in [5.41, 5.74) is 4.45. The van der Waals surface area contributed by atoms with Crippen LogP contribution in [-0.4, -0.2) is 9.38 Å². The monoisotopic (exact) mass is 368 g/mol. The first-order chi connectivity index (χ1) is 14.4. The van der Waals surface area contributed by atoms with Crippen molar-refractivity contribution in [3.63, 3.8) is 0 Å². The second kappa shape index (κ2) is 5.33. The Labute approximate surface area is 166 Å². The number of nitrogens with zero attached hydrogens (tertiary/aromatic N) is 2. The zero-order valence-electron chi connectivity index (χ0n) is 15.6. The van der Waals surface area contributed by atoms with Gasteiger partial charge in [0.1, 0.15) is 5.65 Å². The number of rotatable bonds is 0. The molecule has 0 aliphatic heterocycles. The quantitative estimate of drug-likeness (QED) is 0.206. The lowest BCUT2D eigenvalue weighted by Crippen LogP contribution is -1.95. The molecule has 7 aromatic rings. The molecule has 0 saturated heterocycles. The largest absolute Gasteiger partial charge is 0.293 e. The van der Waals surface area contributed by atoms with E-state index in [1.165, 1.54) is 48.7 Å². The predicted octanol–water partition coefficient (Wildman–Crippen LogP) is 7.10. The van der Waals surface area contributed by atoms with Gasteiger partial charge in [-0.1, -0.05) is 72.8 Å². The van der Waals surface area contributed by atoms with Crippen LogP contribution in [0, 0.1) is 0 Å². The van der Waals surface area contributed by atoms with Crippen LogP contribution in [0.5, 0.6) is 0 Å². The highest BCUT2D eigenvalue weighted by Crippen LogP contribution is 2.38. The molecule has 3 aromatic heterocycles. The predicted molar refractivity (Wildman–Crippen MR) is 123 cm³/mol. The molecule has 4 aromatic carbocycles. The average molecular weight is 368 g/mol. The van der Waals surface area contributed by atoms with Gasteiger partial charge in [0, 0.05) is 26.9 Å². The third-order valence-corrected chi connectivity index (χ3v) is 6.10. The van der Waals surface area contributed by atoms with E-state index in [2.05, 4.69) is 101 Å². The third-order valence-electron chi connectivity index (χ3n) is 6.10. The van der Waals surface area contributed by atoms with Crippen LogP contribution >= 0.6 is 0 Å². The van der Waals surface area contributed by atoms with Crippen molar-refractivity contribution in [2.24, 2.45) is 0 Å². The molecular weight excluding hydrogens is 352 g/mol. The van der Waals surface area contributed by atoms with Gasteiger partial charge >= 0.3 is 0 Å². The summed E-state index contributed by atoms with van der Waals surface area (Å²) in [4.78, 5) is 5.15. The van der Waals surface area contributed by atoms with Crippen molar-refractivity contribution in [1.29, 1.82) is 0 Å². The molecule has 0 fully saturated rings. The number of hydrogen-bond acceptors (Lipinski definition) is 1. The second-order valence-corrected chi connectivity index (χ2v) is 7.69. The lowest BCUT2D eigenvalue weighted by Gasteiger charge is -2.13. The number of fused-ring (bicyclic) bond motifs is 11. The zero-order chi connectivity index (χ0) is 18.9. The first-order valence-electron chi connectivity index (χ1n) is 9.92. The minimum absolute atomic E-state index is 1.02. The molecule has 0 bridgehead atoms. The molecule has 0 saturated carbocycles. The fourth-order valence-corrected chi connectivity index (χ4v) is 4.82. The molecule has 2 heteroatoms. The SMILES string of the molecule is c1ccc2nc3c(cc2c1)c1c2ccccc2ccc1c1cc2ccccc2n13. The van der Waals surface area contributed by atoms with E-state index in [1.54, 1.807) is 0 Å². The Morgan fingerprint density at radius 2 is 1.28 bits per heavy atom. The minimum atomic E-state index is 1.02. The standard InChI is InChI=1S/C27H16N2/c1-4-10-20-17(7-1)13-14-21-25-16-19-9-3-6-12-24(19)29(25)27-22(26(20)21)15-18-8-2-5-11-23(18)28-27/h1-16H. The van der Waals surface area contributed by atoms with Gasteiger partial charge in [0.05, 0.1) is 16.6 Å². The molecule has 0 amide bonds. The third kappa shape index (κ3) is 1.93. The van der Waals surface area contributed by atoms with Gasteiger partial charge in [-0.3, -0.25) is 4.40 Å². The zero-order valence-corrected chi connectivity index (χ0v) is 15.6. The summed E-state index contributed by atoms with van der Waals surface area (Å²) in [5, 5.41) is 8.70. The van der Waals surface area contributed by atoms with Crippen LogP contribution < -0.4 is 0 Å². The van der Waals surface area contributed by atoms with Gasteiger partial charge in [-0.2, -0.15) is 0 Å². The Bertz CT molecular complexity index is 1760. The van der Waals surface area contributed by atoms with E-state index in [9.17, 15) is 0 Å². The van der Waals surface area contributed by atoms with Crippen molar-refractivity contribution in [2.75, 3.05) is 0 Å². The Morgan fingerprint density at radius 1 is 0.517 bits per heavy atom. The summed E-state index contributed by atoms with van der Waals surface area (Å²) in [6, 6.07) is 34.7. The highest BCUT2D eigenvalue weighted by molar-refractivity contribution is 6.25. The topological polar surface area (TPSA) is 17.3 Å². The molecule has 0 atom stereocenters. The summed E-state index contributed by atoms with van der Waals surface area (Å²) in [7, 11) is 0. The van der Waals surface area contributed by atoms with E-state index in [1.807, 2.05) is 0 Å². The van der Waals surface area contributed by atoms with Crippen molar-refractivity contribution >= 4 is 59.9 Å². The van der Waals surface area contributed by atoms with Crippen LogP contribution in [0.15, 0.2) is 97.1 Å². The van der Waals surface area contributed by atoms with E-state index in [0.717, 1.165) is 11.2 Å². The highest BCUT2D eigenvalue weighted by Gasteiger charge is 2.15. The molecule has 7 rings (SSSR count). The minimum Gasteiger partial charge on any atom is -0.293 e. The molecule has 3 heterocycles. The summed E-state index contributed by atoms with van der Waals surface area (Å²) < 4.78 is 2.33. The average Bonchev–Trinajstić information content (AvgIpc) is 3.17. The Balaban J connectivity index is 1.90. The van der Waals surface area contributed by atoms with Gasteiger partial charge in [0.15, 0.2) is 0 Å². The van der Waals surface area contributed by atoms with Crippen LogP contribution in [0.4, 0.5) is 0 Å². The summed E-state index contributed by atoms with van der Waals surface area (Å²) in [6.07, 6.45) is 0. The van der Waals surface area contributed by atoms with Crippen LogP contribution in [-0.2, 0) is 0 Å². The summed E-state index contributed by atoms with van der Waals surface area (Å²) in [5.74, 6) is 0. The lowest BCUT2D eigenvalue weighted by molar-refractivity contribution is 1.28. The van der Waals surface area contributed by atoms with Crippen molar-refractivity contribution in [3.8, 4) is 0 Å². The van der Waals surface area contributed by atoms with Crippen LogP contribution in [0.1, 0.15) is 0 Å². The van der Waals surface area contributed by atoms with E-state index >= 15 is 0 Å². The molecular formula is C27H16N2. The van der Waals surface area contributed by atoms with E-state index < -0.39 is 0 Å².